The Labute approximate surface area is 120 Å². The van der Waals surface area contributed by atoms with Gasteiger partial charge in [-0.1, -0.05) is 15.9 Å². The smallest absolute Gasteiger partial charge is 0.202 e. The normalized spacial score (nSPS) is 10.3. The van der Waals surface area contributed by atoms with E-state index in [0.717, 1.165) is 0 Å². The van der Waals surface area contributed by atoms with Gasteiger partial charge in [0.2, 0.25) is 5.75 Å². The standard InChI is InChI=1S/C12H8Br2O4/c13-6-1-3-9(8(15)5-6)18-10-4-2-7(14)11(16)12(10)17/h1-5,15-17H. The van der Waals surface area contributed by atoms with E-state index in [1.807, 2.05) is 0 Å². The Bertz CT molecular complexity index is 599. The van der Waals surface area contributed by atoms with Crippen molar-refractivity contribution in [3.05, 3.63) is 39.3 Å². The SMILES string of the molecule is Oc1cc(Br)ccc1Oc1ccc(Br)c(O)c1O. The van der Waals surface area contributed by atoms with Gasteiger partial charge in [0.25, 0.3) is 0 Å². The number of phenolic OH excluding ortho intramolecular Hbond substituents is 3. The lowest BCUT2D eigenvalue weighted by atomic mass is 10.3. The molecule has 0 aromatic heterocycles. The van der Waals surface area contributed by atoms with E-state index in [4.69, 9.17) is 4.74 Å². The second kappa shape index (κ2) is 5.07. The van der Waals surface area contributed by atoms with E-state index < -0.39 is 5.75 Å². The lowest BCUT2D eigenvalue weighted by Gasteiger charge is -2.10. The number of phenols is 3. The van der Waals surface area contributed by atoms with Gasteiger partial charge >= 0.3 is 0 Å². The molecule has 3 N–H and O–H groups in total. The molecule has 0 bridgehead atoms. The molecule has 0 saturated carbocycles. The molecule has 4 nitrogen and oxygen atoms in total. The van der Waals surface area contributed by atoms with Gasteiger partial charge in [-0.05, 0) is 46.3 Å². The zero-order valence-corrected chi connectivity index (χ0v) is 12.1. The molecule has 0 atom stereocenters. The quantitative estimate of drug-likeness (QED) is 0.690. The van der Waals surface area contributed by atoms with Gasteiger partial charge in [-0.3, -0.25) is 0 Å². The molecule has 0 unspecified atom stereocenters. The van der Waals surface area contributed by atoms with Crippen LogP contribution in [0.15, 0.2) is 39.3 Å². The van der Waals surface area contributed by atoms with Gasteiger partial charge in [-0.25, -0.2) is 0 Å². The Balaban J connectivity index is 2.37. The number of rotatable bonds is 2. The molecule has 0 radical (unpaired) electrons. The van der Waals surface area contributed by atoms with E-state index in [-0.39, 0.29) is 23.0 Å². The summed E-state index contributed by atoms with van der Waals surface area (Å²) in [4.78, 5) is 0. The van der Waals surface area contributed by atoms with Crippen LogP contribution in [0.5, 0.6) is 28.7 Å². The third-order valence-corrected chi connectivity index (χ3v) is 3.34. The van der Waals surface area contributed by atoms with Gasteiger partial charge in [0, 0.05) is 4.47 Å². The van der Waals surface area contributed by atoms with E-state index in [9.17, 15) is 15.3 Å². The summed E-state index contributed by atoms with van der Waals surface area (Å²) in [6, 6.07) is 7.69. The maximum absolute atomic E-state index is 9.69. The van der Waals surface area contributed by atoms with Crippen LogP contribution in [0.1, 0.15) is 0 Å². The summed E-state index contributed by atoms with van der Waals surface area (Å²) in [6.45, 7) is 0. The molecule has 0 fully saturated rings. The third kappa shape index (κ3) is 2.54. The summed E-state index contributed by atoms with van der Waals surface area (Å²) < 4.78 is 6.39. The predicted octanol–water partition coefficient (Wildman–Crippen LogP) is 4.12. The summed E-state index contributed by atoms with van der Waals surface area (Å²) in [7, 11) is 0. The van der Waals surface area contributed by atoms with Gasteiger partial charge in [-0.2, -0.15) is 0 Å². The lowest BCUT2D eigenvalue weighted by Crippen LogP contribution is -1.86. The first-order valence-electron chi connectivity index (χ1n) is 4.86. The van der Waals surface area contributed by atoms with E-state index in [1.165, 1.54) is 24.3 Å². The predicted molar refractivity (Wildman–Crippen MR) is 73.4 cm³/mol. The second-order valence-electron chi connectivity index (χ2n) is 3.46. The van der Waals surface area contributed by atoms with Gasteiger partial charge in [0.15, 0.2) is 23.0 Å². The molecule has 2 aromatic rings. The molecule has 0 spiro atoms. The molecule has 0 amide bonds. The fourth-order valence-electron chi connectivity index (χ4n) is 1.31. The fourth-order valence-corrected chi connectivity index (χ4v) is 1.98. The van der Waals surface area contributed by atoms with Crippen LogP contribution in [0.2, 0.25) is 0 Å². The Kier molecular flexibility index (Phi) is 3.68. The van der Waals surface area contributed by atoms with Crippen LogP contribution in [-0.4, -0.2) is 15.3 Å². The van der Waals surface area contributed by atoms with Crippen molar-refractivity contribution >= 4 is 31.9 Å². The first-order valence-corrected chi connectivity index (χ1v) is 6.44. The number of hydrogen-bond acceptors (Lipinski definition) is 4. The average molecular weight is 376 g/mol. The molecule has 2 rings (SSSR count). The van der Waals surface area contributed by atoms with Crippen molar-refractivity contribution in [3.8, 4) is 28.7 Å². The number of aromatic hydroxyl groups is 3. The molecule has 0 aliphatic rings. The first kappa shape index (κ1) is 13.0. The monoisotopic (exact) mass is 374 g/mol. The Morgan fingerprint density at radius 2 is 1.50 bits per heavy atom. The third-order valence-electron chi connectivity index (χ3n) is 2.21. The van der Waals surface area contributed by atoms with Crippen molar-refractivity contribution in [2.45, 2.75) is 0 Å². The summed E-state index contributed by atoms with van der Waals surface area (Å²) in [5, 5.41) is 28.9. The van der Waals surface area contributed by atoms with Gasteiger partial charge in [-0.15, -0.1) is 0 Å². The number of halogens is 2. The largest absolute Gasteiger partial charge is 0.504 e. The van der Waals surface area contributed by atoms with E-state index in [0.29, 0.717) is 8.95 Å². The van der Waals surface area contributed by atoms with E-state index in [2.05, 4.69) is 31.9 Å². The molecule has 0 aliphatic carbocycles. The van der Waals surface area contributed by atoms with Crippen molar-refractivity contribution in [1.29, 1.82) is 0 Å². The second-order valence-corrected chi connectivity index (χ2v) is 5.23. The van der Waals surface area contributed by atoms with E-state index in [1.54, 1.807) is 6.07 Å². The molecule has 2 aromatic carbocycles. The highest BCUT2D eigenvalue weighted by Crippen LogP contribution is 2.43. The van der Waals surface area contributed by atoms with Crippen LogP contribution < -0.4 is 4.74 Å². The van der Waals surface area contributed by atoms with Crippen molar-refractivity contribution in [2.24, 2.45) is 0 Å². The average Bonchev–Trinajstić information content (AvgIpc) is 2.33. The Morgan fingerprint density at radius 1 is 0.833 bits per heavy atom. The van der Waals surface area contributed by atoms with Crippen molar-refractivity contribution in [3.63, 3.8) is 0 Å². The molecule has 0 aliphatic heterocycles. The molecular weight excluding hydrogens is 368 g/mol. The minimum Gasteiger partial charge on any atom is -0.504 e. The fraction of sp³-hybridized carbons (Fsp3) is 0. The van der Waals surface area contributed by atoms with E-state index >= 15 is 0 Å². The molecule has 94 valence electrons. The summed E-state index contributed by atoms with van der Waals surface area (Å²) in [6.07, 6.45) is 0. The maximum atomic E-state index is 9.69. The van der Waals surface area contributed by atoms with Gasteiger partial charge < -0.3 is 20.1 Å². The highest BCUT2D eigenvalue weighted by atomic mass is 79.9. The minimum absolute atomic E-state index is 0.0494. The van der Waals surface area contributed by atoms with Crippen molar-refractivity contribution < 1.29 is 20.1 Å². The number of benzene rings is 2. The van der Waals surface area contributed by atoms with Crippen LogP contribution in [-0.2, 0) is 0 Å². The lowest BCUT2D eigenvalue weighted by molar-refractivity contribution is 0.361. The van der Waals surface area contributed by atoms with Crippen LogP contribution in [0, 0.1) is 0 Å². The van der Waals surface area contributed by atoms with Crippen molar-refractivity contribution in [1.82, 2.24) is 0 Å². The van der Waals surface area contributed by atoms with Gasteiger partial charge in [0.1, 0.15) is 0 Å². The molecule has 0 saturated heterocycles. The van der Waals surface area contributed by atoms with Crippen LogP contribution in [0.25, 0.3) is 0 Å². The van der Waals surface area contributed by atoms with Crippen LogP contribution in [0.3, 0.4) is 0 Å². The zero-order valence-electron chi connectivity index (χ0n) is 8.89. The number of ether oxygens (including phenoxy) is 1. The Hall–Kier alpha value is -1.40. The minimum atomic E-state index is -0.397. The van der Waals surface area contributed by atoms with Gasteiger partial charge in [0.05, 0.1) is 4.47 Å². The first-order chi connectivity index (χ1) is 8.49. The highest BCUT2D eigenvalue weighted by molar-refractivity contribution is 9.10. The number of hydrogen-bond donors (Lipinski definition) is 3. The molecule has 18 heavy (non-hydrogen) atoms. The summed E-state index contributed by atoms with van der Waals surface area (Å²) in [5.74, 6) is -0.564. The molecular formula is C12H8Br2O4. The molecule has 6 heteroatoms. The topological polar surface area (TPSA) is 69.9 Å². The summed E-state index contributed by atoms with van der Waals surface area (Å²) >= 11 is 6.27. The van der Waals surface area contributed by atoms with Crippen LogP contribution in [0.4, 0.5) is 0 Å². The van der Waals surface area contributed by atoms with Crippen molar-refractivity contribution in [2.75, 3.05) is 0 Å². The zero-order chi connectivity index (χ0) is 13.3. The maximum Gasteiger partial charge on any atom is 0.202 e. The van der Waals surface area contributed by atoms with Crippen LogP contribution >= 0.6 is 31.9 Å². The summed E-state index contributed by atoms with van der Waals surface area (Å²) in [5.41, 5.74) is 0. The molecule has 0 heterocycles. The highest BCUT2D eigenvalue weighted by Gasteiger charge is 2.13. The Morgan fingerprint density at radius 3 is 2.17 bits per heavy atom.